The van der Waals surface area contributed by atoms with Gasteiger partial charge < -0.3 is 15.0 Å². The number of aromatic nitrogens is 2. The van der Waals surface area contributed by atoms with Crippen molar-refractivity contribution in [3.8, 4) is 0 Å². The van der Waals surface area contributed by atoms with Crippen molar-refractivity contribution < 1.29 is 4.74 Å². The third-order valence-corrected chi connectivity index (χ3v) is 3.77. The van der Waals surface area contributed by atoms with Gasteiger partial charge >= 0.3 is 0 Å². The van der Waals surface area contributed by atoms with E-state index in [9.17, 15) is 0 Å². The van der Waals surface area contributed by atoms with Crippen molar-refractivity contribution in [3.05, 3.63) is 11.9 Å². The Hall–Kier alpha value is -1.36. The van der Waals surface area contributed by atoms with Crippen LogP contribution in [-0.4, -0.2) is 37.2 Å². The highest BCUT2D eigenvalue weighted by atomic mass is 16.5. The molecule has 0 unspecified atom stereocenters. The Morgan fingerprint density at radius 3 is 2.68 bits per heavy atom. The van der Waals surface area contributed by atoms with Crippen molar-refractivity contribution in [2.75, 3.05) is 31.4 Å². The second-order valence-corrected chi connectivity index (χ2v) is 5.11. The molecule has 19 heavy (non-hydrogen) atoms. The maximum atomic E-state index is 5.14. The van der Waals surface area contributed by atoms with E-state index in [0.717, 1.165) is 17.5 Å². The van der Waals surface area contributed by atoms with Gasteiger partial charge in [-0.1, -0.05) is 19.3 Å². The van der Waals surface area contributed by atoms with Crippen LogP contribution in [0.5, 0.6) is 0 Å². The molecule has 1 aliphatic carbocycles. The summed E-state index contributed by atoms with van der Waals surface area (Å²) >= 11 is 0. The van der Waals surface area contributed by atoms with Crippen molar-refractivity contribution in [1.82, 2.24) is 9.97 Å². The molecule has 0 bridgehead atoms. The molecule has 0 atom stereocenters. The fourth-order valence-corrected chi connectivity index (χ4v) is 2.64. The van der Waals surface area contributed by atoms with Crippen LogP contribution in [0.15, 0.2) is 6.07 Å². The fraction of sp³-hybridized carbons (Fsp3) is 0.714. The lowest BCUT2D eigenvalue weighted by atomic mass is 9.94. The normalized spacial score (nSPS) is 16.4. The summed E-state index contributed by atoms with van der Waals surface area (Å²) < 4.78 is 5.14. The van der Waals surface area contributed by atoms with Crippen LogP contribution in [0.4, 0.5) is 11.6 Å². The number of nitrogens with one attached hydrogen (secondary N) is 1. The molecule has 1 saturated carbocycles. The molecule has 2 rings (SSSR count). The van der Waals surface area contributed by atoms with Gasteiger partial charge in [-0.2, -0.15) is 0 Å². The highest BCUT2D eigenvalue weighted by Gasteiger charge is 2.20. The Kier molecular flexibility index (Phi) is 4.96. The zero-order valence-electron chi connectivity index (χ0n) is 12.1. The van der Waals surface area contributed by atoms with E-state index < -0.39 is 0 Å². The van der Waals surface area contributed by atoms with Crippen LogP contribution in [0.3, 0.4) is 0 Å². The van der Waals surface area contributed by atoms with Crippen LogP contribution in [0.25, 0.3) is 0 Å². The second kappa shape index (κ2) is 6.70. The standard InChI is InChI=1S/C14H24N4O/c1-15-12-9-14(17-13(16-12)10-19-3)18(2)11-7-5-4-6-8-11/h9,11H,4-8,10H2,1-3H3,(H,15,16,17). The van der Waals surface area contributed by atoms with Gasteiger partial charge in [0.25, 0.3) is 0 Å². The summed E-state index contributed by atoms with van der Waals surface area (Å²) in [4.78, 5) is 11.3. The van der Waals surface area contributed by atoms with Gasteiger partial charge in [0, 0.05) is 33.3 Å². The summed E-state index contributed by atoms with van der Waals surface area (Å²) in [5.74, 6) is 2.56. The molecule has 1 N–H and O–H groups in total. The Balaban J connectivity index is 2.18. The van der Waals surface area contributed by atoms with Crippen molar-refractivity contribution in [3.63, 3.8) is 0 Å². The van der Waals surface area contributed by atoms with Crippen LogP contribution >= 0.6 is 0 Å². The van der Waals surface area contributed by atoms with Gasteiger partial charge in [-0.15, -0.1) is 0 Å². The molecule has 1 heterocycles. The van der Waals surface area contributed by atoms with Crippen molar-refractivity contribution in [1.29, 1.82) is 0 Å². The molecule has 0 amide bonds. The fourth-order valence-electron chi connectivity index (χ4n) is 2.64. The molecule has 0 aromatic carbocycles. The molecular weight excluding hydrogens is 240 g/mol. The first kappa shape index (κ1) is 14.1. The van der Waals surface area contributed by atoms with E-state index in [4.69, 9.17) is 4.74 Å². The maximum absolute atomic E-state index is 5.14. The first-order chi connectivity index (χ1) is 9.24. The predicted octanol–water partition coefficient (Wildman–Crippen LogP) is 2.43. The molecule has 1 aliphatic rings. The second-order valence-electron chi connectivity index (χ2n) is 5.11. The minimum absolute atomic E-state index is 0.445. The molecule has 0 spiro atoms. The molecule has 1 aromatic rings. The molecule has 0 saturated heterocycles. The lowest BCUT2D eigenvalue weighted by Crippen LogP contribution is -2.34. The summed E-state index contributed by atoms with van der Waals surface area (Å²) in [6.45, 7) is 0.445. The molecule has 106 valence electrons. The predicted molar refractivity (Wildman–Crippen MR) is 77.6 cm³/mol. The molecule has 5 nitrogen and oxygen atoms in total. The third-order valence-electron chi connectivity index (χ3n) is 3.77. The quantitative estimate of drug-likeness (QED) is 0.885. The molecule has 0 aliphatic heterocycles. The van der Waals surface area contributed by atoms with Crippen LogP contribution in [0.2, 0.25) is 0 Å². The van der Waals surface area contributed by atoms with Crippen molar-refractivity contribution >= 4 is 11.6 Å². The van der Waals surface area contributed by atoms with Gasteiger partial charge in [-0.25, -0.2) is 9.97 Å². The third kappa shape index (κ3) is 3.56. The van der Waals surface area contributed by atoms with Crippen molar-refractivity contribution in [2.24, 2.45) is 0 Å². The van der Waals surface area contributed by atoms with Gasteiger partial charge in [0.05, 0.1) is 0 Å². The molecular formula is C14H24N4O. The molecule has 1 fully saturated rings. The van der Waals surface area contributed by atoms with Crippen molar-refractivity contribution in [2.45, 2.75) is 44.8 Å². The first-order valence-corrected chi connectivity index (χ1v) is 7.02. The van der Waals surface area contributed by atoms with E-state index in [-0.39, 0.29) is 0 Å². The monoisotopic (exact) mass is 264 g/mol. The van der Waals surface area contributed by atoms with E-state index in [1.54, 1.807) is 7.11 Å². The Morgan fingerprint density at radius 2 is 2.05 bits per heavy atom. The maximum Gasteiger partial charge on any atom is 0.158 e. The number of ether oxygens (including phenoxy) is 1. The summed E-state index contributed by atoms with van der Waals surface area (Å²) in [6, 6.07) is 2.61. The molecule has 5 heteroatoms. The lowest BCUT2D eigenvalue weighted by molar-refractivity contribution is 0.178. The number of hydrogen-bond acceptors (Lipinski definition) is 5. The first-order valence-electron chi connectivity index (χ1n) is 7.02. The Morgan fingerprint density at radius 1 is 1.32 bits per heavy atom. The lowest BCUT2D eigenvalue weighted by Gasteiger charge is -2.32. The minimum Gasteiger partial charge on any atom is -0.377 e. The average Bonchev–Trinajstić information content (AvgIpc) is 2.47. The van der Waals surface area contributed by atoms with E-state index in [2.05, 4.69) is 27.2 Å². The highest BCUT2D eigenvalue weighted by molar-refractivity contribution is 5.49. The summed E-state index contributed by atoms with van der Waals surface area (Å²) in [7, 11) is 5.68. The van der Waals surface area contributed by atoms with E-state index >= 15 is 0 Å². The van der Waals surface area contributed by atoms with Gasteiger partial charge in [0.15, 0.2) is 5.82 Å². The number of rotatable bonds is 5. The Bertz CT molecular complexity index is 404. The molecule has 0 radical (unpaired) electrons. The topological polar surface area (TPSA) is 50.3 Å². The number of anilines is 2. The summed E-state index contributed by atoms with van der Waals surface area (Å²) in [5, 5.41) is 3.09. The van der Waals surface area contributed by atoms with Crippen LogP contribution < -0.4 is 10.2 Å². The average molecular weight is 264 g/mol. The van der Waals surface area contributed by atoms with Crippen LogP contribution in [0, 0.1) is 0 Å². The van der Waals surface area contributed by atoms with Gasteiger partial charge in [-0.3, -0.25) is 0 Å². The zero-order chi connectivity index (χ0) is 13.7. The largest absolute Gasteiger partial charge is 0.377 e. The number of nitrogens with zero attached hydrogens (tertiary/aromatic N) is 3. The van der Waals surface area contributed by atoms with E-state index in [1.807, 2.05) is 13.1 Å². The van der Waals surface area contributed by atoms with Gasteiger partial charge in [-0.05, 0) is 12.8 Å². The van der Waals surface area contributed by atoms with Crippen LogP contribution in [0.1, 0.15) is 37.9 Å². The van der Waals surface area contributed by atoms with E-state index in [1.165, 1.54) is 32.1 Å². The zero-order valence-corrected chi connectivity index (χ0v) is 12.1. The summed E-state index contributed by atoms with van der Waals surface area (Å²) in [5.41, 5.74) is 0. The van der Waals surface area contributed by atoms with E-state index in [0.29, 0.717) is 12.6 Å². The minimum atomic E-state index is 0.445. The smallest absolute Gasteiger partial charge is 0.158 e. The Labute approximate surface area is 115 Å². The van der Waals surface area contributed by atoms with Gasteiger partial charge in [0.2, 0.25) is 0 Å². The number of hydrogen-bond donors (Lipinski definition) is 1. The van der Waals surface area contributed by atoms with Crippen LogP contribution in [-0.2, 0) is 11.3 Å². The number of methoxy groups -OCH3 is 1. The van der Waals surface area contributed by atoms with Gasteiger partial charge in [0.1, 0.15) is 18.2 Å². The molecule has 1 aromatic heterocycles. The highest BCUT2D eigenvalue weighted by Crippen LogP contribution is 2.26. The summed E-state index contributed by atoms with van der Waals surface area (Å²) in [6.07, 6.45) is 6.53. The SMILES string of the molecule is CNc1cc(N(C)C2CCCCC2)nc(COC)n1.